The predicted molar refractivity (Wildman–Crippen MR) is 243 cm³/mol. The van der Waals surface area contributed by atoms with Gasteiger partial charge < -0.3 is 20.1 Å². The van der Waals surface area contributed by atoms with Gasteiger partial charge in [0.25, 0.3) is 21.6 Å². The number of fused-ring (bicyclic) bond motifs is 2. The zero-order valence-electron chi connectivity index (χ0n) is 34.9. The Hall–Kier alpha value is -5.81. The molecule has 2 saturated heterocycles. The number of nitrogens with one attached hydrogen (secondary N) is 3. The number of hydrogen-bond acceptors (Lipinski definition) is 11. The first kappa shape index (κ1) is 41.5. The molecule has 6 aromatic rings. The molecule has 322 valence electrons. The van der Waals surface area contributed by atoms with E-state index in [1.54, 1.807) is 23.1 Å². The van der Waals surface area contributed by atoms with Crippen molar-refractivity contribution in [2.24, 2.45) is 5.41 Å². The average Bonchev–Trinajstić information content (AvgIpc) is 4.00. The summed E-state index contributed by atoms with van der Waals surface area (Å²) in [5, 5.41) is 21.5. The summed E-state index contributed by atoms with van der Waals surface area (Å²) < 4.78 is 31.4. The fourth-order valence-electron chi connectivity index (χ4n) is 9.06. The number of hydrogen-bond donors (Lipinski definition) is 3. The Labute approximate surface area is 364 Å². The van der Waals surface area contributed by atoms with Crippen LogP contribution in [0.3, 0.4) is 0 Å². The summed E-state index contributed by atoms with van der Waals surface area (Å²) in [6.45, 7) is 10.2. The lowest BCUT2D eigenvalue weighted by atomic mass is 9.72. The van der Waals surface area contributed by atoms with Crippen molar-refractivity contribution >= 4 is 72.2 Å². The number of carbonyl (C=O) groups is 1. The van der Waals surface area contributed by atoms with Gasteiger partial charge in [0.15, 0.2) is 0 Å². The second kappa shape index (κ2) is 16.5. The van der Waals surface area contributed by atoms with Gasteiger partial charge in [0, 0.05) is 73.7 Å². The number of nitrogens with zero attached hydrogens (tertiary/aromatic N) is 7. The Morgan fingerprint density at radius 3 is 2.55 bits per heavy atom. The van der Waals surface area contributed by atoms with Crippen LogP contribution in [0.1, 0.15) is 55.5 Å². The number of likely N-dealkylation sites (tertiary alicyclic amines) is 1. The number of benzene rings is 3. The van der Waals surface area contributed by atoms with Crippen LogP contribution in [0.15, 0.2) is 95.7 Å². The van der Waals surface area contributed by atoms with E-state index in [-0.39, 0.29) is 22.7 Å². The van der Waals surface area contributed by atoms with E-state index in [9.17, 15) is 23.3 Å². The van der Waals surface area contributed by atoms with Gasteiger partial charge in [0.05, 0.1) is 32.8 Å². The van der Waals surface area contributed by atoms with Crippen molar-refractivity contribution in [1.82, 2.24) is 34.3 Å². The average molecular weight is 877 g/mol. The van der Waals surface area contributed by atoms with E-state index in [1.165, 1.54) is 28.8 Å². The smallest absolute Gasteiger partial charge is 0.293 e. The molecule has 9 rings (SSSR count). The zero-order chi connectivity index (χ0) is 43.3. The summed E-state index contributed by atoms with van der Waals surface area (Å²) in [4.78, 5) is 40.0. The SMILES string of the molecule is CN1CCC(Nc2ccc(S(=O)(=O)NC(=O)c3ccc(N4CCN(CC5=C(c6ccc(Cl)cc6)CC(C)(C)CC5)CC4)cc3-n3ncc4nc5[nH]ccc5cc43)cc2[N+](=O)[O-])C1. The Morgan fingerprint density at radius 2 is 1.81 bits per heavy atom. The van der Waals surface area contributed by atoms with Crippen molar-refractivity contribution in [3.05, 3.63) is 117 Å². The third-order valence-electron chi connectivity index (χ3n) is 12.5. The summed E-state index contributed by atoms with van der Waals surface area (Å²) in [6.07, 6.45) is 7.40. The molecule has 0 saturated carbocycles. The molecule has 3 aliphatic rings. The number of sulfonamides is 1. The van der Waals surface area contributed by atoms with Crippen LogP contribution in [0.4, 0.5) is 17.1 Å². The number of rotatable bonds is 11. The highest BCUT2D eigenvalue weighted by atomic mass is 35.5. The molecule has 5 heterocycles. The molecule has 2 fully saturated rings. The minimum Gasteiger partial charge on any atom is -0.375 e. The van der Waals surface area contributed by atoms with Gasteiger partial charge in [-0.3, -0.25) is 19.8 Å². The number of allylic oxidation sites excluding steroid dienone is 1. The Morgan fingerprint density at radius 1 is 1.02 bits per heavy atom. The van der Waals surface area contributed by atoms with Crippen LogP contribution < -0.4 is 14.9 Å². The second-order valence-corrected chi connectivity index (χ2v) is 19.6. The molecular weight excluding hydrogens is 828 g/mol. The maximum atomic E-state index is 14.2. The standard InChI is InChI=1S/C45H49ClN10O5S/c1-45(2)15-12-31(37(25-45)29-4-6-32(46)7-5-29)27-53-18-20-54(21-19-53)34-8-10-36(40(23-34)55-41-22-30-13-16-47-43(30)50-39(41)26-48-55)44(57)51-62(60,61)35-9-11-38(42(24-35)56(58)59)49-33-14-17-52(3)28-33/h4-11,13,16,22-24,26,33,49H,12,14-15,17-21,25,27-28H2,1-3H3,(H,47,50)(H,51,57). The first-order valence-electron chi connectivity index (χ1n) is 20.9. The van der Waals surface area contributed by atoms with Crippen molar-refractivity contribution < 1.29 is 18.1 Å². The predicted octanol–water partition coefficient (Wildman–Crippen LogP) is 7.48. The van der Waals surface area contributed by atoms with Gasteiger partial charge in [-0.05, 0) is 110 Å². The van der Waals surface area contributed by atoms with E-state index < -0.39 is 31.4 Å². The van der Waals surface area contributed by atoms with Crippen molar-refractivity contribution in [1.29, 1.82) is 0 Å². The highest BCUT2D eigenvalue weighted by Gasteiger charge is 2.31. The Balaban J connectivity index is 0.988. The highest BCUT2D eigenvalue weighted by Crippen LogP contribution is 2.43. The summed E-state index contributed by atoms with van der Waals surface area (Å²) in [5.41, 5.74) is 7.33. The van der Waals surface area contributed by atoms with Crippen LogP contribution in [0.25, 0.3) is 33.3 Å². The highest BCUT2D eigenvalue weighted by molar-refractivity contribution is 7.90. The molecule has 0 spiro atoms. The molecule has 1 atom stereocenters. The topological polar surface area (TPSA) is 175 Å². The van der Waals surface area contributed by atoms with Gasteiger partial charge in [-0.25, -0.2) is 22.8 Å². The minimum absolute atomic E-state index is 0.0194. The number of aromatic nitrogens is 4. The van der Waals surface area contributed by atoms with E-state index in [2.05, 4.69) is 60.8 Å². The maximum absolute atomic E-state index is 14.2. The normalized spacial score (nSPS) is 18.8. The molecule has 1 aliphatic carbocycles. The van der Waals surface area contributed by atoms with Crippen molar-refractivity contribution in [3.63, 3.8) is 0 Å². The fraction of sp³-hybridized carbons (Fsp3) is 0.356. The van der Waals surface area contributed by atoms with Gasteiger partial charge in [-0.2, -0.15) is 5.10 Å². The number of nitro groups is 1. The number of anilines is 2. The van der Waals surface area contributed by atoms with Gasteiger partial charge >= 0.3 is 0 Å². The number of amides is 1. The van der Waals surface area contributed by atoms with Crippen LogP contribution in [0.2, 0.25) is 5.02 Å². The van der Waals surface area contributed by atoms with Crippen molar-refractivity contribution in [2.45, 2.75) is 50.5 Å². The number of aromatic amines is 1. The molecule has 62 heavy (non-hydrogen) atoms. The molecule has 15 nitrogen and oxygen atoms in total. The number of nitro benzene ring substituents is 1. The monoisotopic (exact) mass is 876 g/mol. The fourth-order valence-corrected chi connectivity index (χ4v) is 10.2. The molecule has 3 aromatic heterocycles. The summed E-state index contributed by atoms with van der Waals surface area (Å²) >= 11 is 6.25. The van der Waals surface area contributed by atoms with Crippen LogP contribution in [-0.4, -0.2) is 108 Å². The number of piperazine rings is 1. The van der Waals surface area contributed by atoms with Gasteiger partial charge in [0.2, 0.25) is 0 Å². The third kappa shape index (κ3) is 8.51. The maximum Gasteiger partial charge on any atom is 0.293 e. The molecule has 1 amide bonds. The number of carbonyl (C=O) groups excluding carboxylic acids is 1. The first-order chi connectivity index (χ1) is 29.7. The molecule has 2 aliphatic heterocycles. The first-order valence-corrected chi connectivity index (χ1v) is 22.8. The molecule has 17 heteroatoms. The Bertz CT molecular complexity index is 2850. The lowest BCUT2D eigenvalue weighted by Gasteiger charge is -2.39. The third-order valence-corrected chi connectivity index (χ3v) is 14.1. The lowest BCUT2D eigenvalue weighted by Crippen LogP contribution is -2.47. The molecule has 3 N–H and O–H groups in total. The quantitative estimate of drug-likeness (QED) is 0.0870. The second-order valence-electron chi connectivity index (χ2n) is 17.5. The summed E-state index contributed by atoms with van der Waals surface area (Å²) in [5.74, 6) is -0.907. The van der Waals surface area contributed by atoms with Gasteiger partial charge in [-0.1, -0.05) is 43.2 Å². The zero-order valence-corrected chi connectivity index (χ0v) is 36.5. The van der Waals surface area contributed by atoms with Crippen molar-refractivity contribution in [3.8, 4) is 5.69 Å². The largest absolute Gasteiger partial charge is 0.375 e. The number of H-pyrrole nitrogens is 1. The van der Waals surface area contributed by atoms with Crippen LogP contribution in [-0.2, 0) is 10.0 Å². The van der Waals surface area contributed by atoms with Crippen molar-refractivity contribution in [2.75, 3.05) is 63.1 Å². The van der Waals surface area contributed by atoms with Crippen LogP contribution in [0, 0.1) is 15.5 Å². The molecule has 3 aromatic carbocycles. The summed E-state index contributed by atoms with van der Waals surface area (Å²) in [6, 6.07) is 20.9. The van der Waals surface area contributed by atoms with E-state index in [0.29, 0.717) is 28.9 Å². The van der Waals surface area contributed by atoms with E-state index >= 15 is 0 Å². The van der Waals surface area contributed by atoms with Crippen LogP contribution >= 0.6 is 11.6 Å². The molecule has 1 unspecified atom stereocenters. The minimum atomic E-state index is -4.56. The van der Waals surface area contributed by atoms with Gasteiger partial charge in [-0.15, -0.1) is 0 Å². The lowest BCUT2D eigenvalue weighted by molar-refractivity contribution is -0.384. The Kier molecular flexibility index (Phi) is 11.0. The number of pyridine rings is 1. The molecule has 0 radical (unpaired) electrons. The van der Waals surface area contributed by atoms with E-state index in [4.69, 9.17) is 16.6 Å². The van der Waals surface area contributed by atoms with Crippen LogP contribution in [0.5, 0.6) is 0 Å². The molecular formula is C45H49ClN10O5S. The van der Waals surface area contributed by atoms with Gasteiger partial charge in [0.1, 0.15) is 16.9 Å². The van der Waals surface area contributed by atoms with E-state index in [0.717, 1.165) is 87.1 Å². The van der Waals surface area contributed by atoms with E-state index in [1.807, 2.05) is 43.4 Å². The number of halogens is 1. The summed E-state index contributed by atoms with van der Waals surface area (Å²) in [7, 11) is -2.59. The number of likely N-dealkylation sites (N-methyl/N-ethyl adjacent to an activating group) is 1. The molecule has 0 bridgehead atoms.